The van der Waals surface area contributed by atoms with Crippen LogP contribution in [0.1, 0.15) is 38.2 Å². The molecule has 0 aliphatic heterocycles. The average molecular weight is 311 g/mol. The maximum Gasteiger partial charge on any atom is 0.162 e. The third-order valence-corrected chi connectivity index (χ3v) is 3.83. The second kappa shape index (κ2) is 5.44. The van der Waals surface area contributed by atoms with E-state index in [-0.39, 0.29) is 46.1 Å². The zero-order valence-electron chi connectivity index (χ0n) is 11.7. The summed E-state index contributed by atoms with van der Waals surface area (Å²) in [6, 6.07) is 4.48. The molecular weight excluding hydrogens is 296 g/mol. The SMILES string of the molecule is CC1(C)CC(=O)C(c2c(Cl)cccc2N[N+](=O)[O-])C(=O)C1. The predicted octanol–water partition coefficient (Wildman–Crippen LogP) is 2.99. The Kier molecular flexibility index (Phi) is 4.00. The lowest BCUT2D eigenvalue weighted by atomic mass is 9.69. The number of carbonyl (C=O) groups is 2. The first-order valence-electron chi connectivity index (χ1n) is 6.46. The number of halogens is 1. The van der Waals surface area contributed by atoms with Gasteiger partial charge in [-0.3, -0.25) is 9.59 Å². The topological polar surface area (TPSA) is 89.3 Å². The molecule has 1 aromatic carbocycles. The van der Waals surface area contributed by atoms with Gasteiger partial charge in [-0.05, 0) is 17.5 Å². The molecule has 21 heavy (non-hydrogen) atoms. The summed E-state index contributed by atoms with van der Waals surface area (Å²) < 4.78 is 0. The molecule has 1 N–H and O–H groups in total. The van der Waals surface area contributed by atoms with E-state index in [9.17, 15) is 19.7 Å². The molecule has 1 aromatic rings. The lowest BCUT2D eigenvalue weighted by Crippen LogP contribution is -2.36. The third kappa shape index (κ3) is 3.21. The molecule has 0 atom stereocenters. The van der Waals surface area contributed by atoms with Crippen molar-refractivity contribution in [2.24, 2.45) is 5.41 Å². The van der Waals surface area contributed by atoms with Crippen LogP contribution in [0.3, 0.4) is 0 Å². The maximum atomic E-state index is 12.3. The Morgan fingerprint density at radius 2 is 1.86 bits per heavy atom. The number of Topliss-reactive ketones (excluding diaryl/α,β-unsaturated/α-hetero) is 2. The molecule has 0 saturated heterocycles. The van der Waals surface area contributed by atoms with Crippen LogP contribution >= 0.6 is 11.6 Å². The van der Waals surface area contributed by atoms with Crippen LogP contribution in [0.25, 0.3) is 0 Å². The lowest BCUT2D eigenvalue weighted by molar-refractivity contribution is -0.445. The fraction of sp³-hybridized carbons (Fsp3) is 0.429. The highest BCUT2D eigenvalue weighted by molar-refractivity contribution is 6.33. The largest absolute Gasteiger partial charge is 0.298 e. The van der Waals surface area contributed by atoms with Gasteiger partial charge < -0.3 is 0 Å². The number of carbonyl (C=O) groups excluding carboxylic acids is 2. The number of nitrogens with one attached hydrogen (secondary N) is 1. The molecule has 0 bridgehead atoms. The molecule has 1 aliphatic carbocycles. The van der Waals surface area contributed by atoms with Crippen LogP contribution in [-0.2, 0) is 9.59 Å². The molecule has 7 heteroatoms. The first kappa shape index (κ1) is 15.4. The Hall–Kier alpha value is -1.95. The molecule has 0 heterocycles. The van der Waals surface area contributed by atoms with Crippen molar-refractivity contribution in [3.05, 3.63) is 38.9 Å². The van der Waals surface area contributed by atoms with E-state index in [0.717, 1.165) is 0 Å². The molecule has 112 valence electrons. The van der Waals surface area contributed by atoms with E-state index in [2.05, 4.69) is 0 Å². The number of nitrogens with zero attached hydrogens (tertiary/aromatic N) is 1. The fourth-order valence-corrected chi connectivity index (χ4v) is 3.02. The van der Waals surface area contributed by atoms with Crippen molar-refractivity contribution < 1.29 is 14.6 Å². The highest BCUT2D eigenvalue weighted by Gasteiger charge is 2.42. The molecular formula is C14H15ClN2O4. The smallest absolute Gasteiger partial charge is 0.162 e. The number of hydrazine groups is 1. The first-order chi connectivity index (χ1) is 9.71. The van der Waals surface area contributed by atoms with Crippen molar-refractivity contribution in [1.82, 2.24) is 0 Å². The summed E-state index contributed by atoms with van der Waals surface area (Å²) in [4.78, 5) is 35.3. The second-order valence-corrected chi connectivity index (χ2v) is 6.36. The van der Waals surface area contributed by atoms with Crippen LogP contribution in [0.4, 0.5) is 5.69 Å². The number of nitro groups is 1. The molecule has 0 amide bonds. The summed E-state index contributed by atoms with van der Waals surface area (Å²) in [6.07, 6.45) is 0.485. The van der Waals surface area contributed by atoms with Crippen molar-refractivity contribution in [1.29, 1.82) is 0 Å². The first-order valence-corrected chi connectivity index (χ1v) is 6.84. The van der Waals surface area contributed by atoms with E-state index < -0.39 is 11.0 Å². The van der Waals surface area contributed by atoms with E-state index in [4.69, 9.17) is 11.6 Å². The minimum Gasteiger partial charge on any atom is -0.298 e. The minimum absolute atomic E-state index is 0.0823. The van der Waals surface area contributed by atoms with Crippen molar-refractivity contribution in [3.8, 4) is 0 Å². The molecule has 0 spiro atoms. The summed E-state index contributed by atoms with van der Waals surface area (Å²) in [5.74, 6) is -1.54. The van der Waals surface area contributed by atoms with Gasteiger partial charge in [0.2, 0.25) is 0 Å². The van der Waals surface area contributed by atoms with Gasteiger partial charge in [0.15, 0.2) is 5.03 Å². The van der Waals surface area contributed by atoms with Crippen LogP contribution < -0.4 is 5.43 Å². The van der Waals surface area contributed by atoms with Crippen LogP contribution in [0.5, 0.6) is 0 Å². The minimum atomic E-state index is -1.03. The van der Waals surface area contributed by atoms with Gasteiger partial charge in [-0.2, -0.15) is 0 Å². The Morgan fingerprint density at radius 1 is 1.29 bits per heavy atom. The molecule has 6 nitrogen and oxygen atoms in total. The van der Waals surface area contributed by atoms with Crippen LogP contribution in [-0.4, -0.2) is 16.6 Å². The number of hydrogen-bond donors (Lipinski definition) is 1. The molecule has 1 aliphatic rings. The summed E-state index contributed by atoms with van der Waals surface area (Å²) >= 11 is 6.08. The normalized spacial score (nSPS) is 18.6. The van der Waals surface area contributed by atoms with E-state index in [1.165, 1.54) is 18.2 Å². The lowest BCUT2D eigenvalue weighted by Gasteiger charge is -2.32. The van der Waals surface area contributed by atoms with Crippen molar-refractivity contribution in [2.75, 3.05) is 5.43 Å². The van der Waals surface area contributed by atoms with Gasteiger partial charge in [-0.25, -0.2) is 10.1 Å². The van der Waals surface area contributed by atoms with Gasteiger partial charge in [0, 0.05) is 23.4 Å². The summed E-state index contributed by atoms with van der Waals surface area (Å²) in [5.41, 5.74) is 1.90. The molecule has 0 aromatic heterocycles. The molecule has 0 unspecified atom stereocenters. The van der Waals surface area contributed by atoms with Crippen molar-refractivity contribution >= 4 is 28.9 Å². The van der Waals surface area contributed by atoms with Crippen molar-refractivity contribution in [3.63, 3.8) is 0 Å². The Morgan fingerprint density at radius 3 is 2.38 bits per heavy atom. The van der Waals surface area contributed by atoms with Gasteiger partial charge in [-0.1, -0.05) is 31.5 Å². The van der Waals surface area contributed by atoms with Gasteiger partial charge >= 0.3 is 0 Å². The number of hydrogen-bond acceptors (Lipinski definition) is 4. The van der Waals surface area contributed by atoms with E-state index in [0.29, 0.717) is 0 Å². The Labute approximate surface area is 126 Å². The van der Waals surface area contributed by atoms with Crippen LogP contribution in [0.15, 0.2) is 18.2 Å². The summed E-state index contributed by atoms with van der Waals surface area (Å²) in [6.45, 7) is 3.70. The highest BCUT2D eigenvalue weighted by atomic mass is 35.5. The fourth-order valence-electron chi connectivity index (χ4n) is 2.74. The Bertz CT molecular complexity index is 607. The number of ketones is 2. The van der Waals surface area contributed by atoms with Gasteiger partial charge in [0.25, 0.3) is 0 Å². The Balaban J connectivity index is 2.48. The monoisotopic (exact) mass is 310 g/mol. The average Bonchev–Trinajstić information content (AvgIpc) is 2.29. The molecule has 1 saturated carbocycles. The summed E-state index contributed by atoms with van der Waals surface area (Å²) in [5, 5.41) is 10.1. The zero-order chi connectivity index (χ0) is 15.8. The predicted molar refractivity (Wildman–Crippen MR) is 77.8 cm³/mol. The standard InChI is InChI=1S/C14H15ClN2O4/c1-14(2)6-10(18)13(11(19)7-14)12-8(15)4-3-5-9(12)16-17(20)21/h3-5,13,16H,6-7H2,1-2H3. The molecule has 1 fully saturated rings. The molecule has 2 rings (SSSR count). The third-order valence-electron chi connectivity index (χ3n) is 3.50. The maximum absolute atomic E-state index is 12.3. The van der Waals surface area contributed by atoms with Crippen LogP contribution in [0, 0.1) is 15.5 Å². The zero-order valence-corrected chi connectivity index (χ0v) is 12.4. The quantitative estimate of drug-likeness (QED) is 0.526. The number of benzene rings is 1. The van der Waals surface area contributed by atoms with Crippen molar-refractivity contribution in [2.45, 2.75) is 32.6 Å². The molecule has 0 radical (unpaired) electrons. The van der Waals surface area contributed by atoms with Gasteiger partial charge in [0.05, 0.1) is 0 Å². The highest BCUT2D eigenvalue weighted by Crippen LogP contribution is 2.42. The number of anilines is 1. The second-order valence-electron chi connectivity index (χ2n) is 5.95. The number of rotatable bonds is 3. The van der Waals surface area contributed by atoms with E-state index in [1.54, 1.807) is 0 Å². The van der Waals surface area contributed by atoms with Crippen LogP contribution in [0.2, 0.25) is 5.02 Å². The van der Waals surface area contributed by atoms with Gasteiger partial charge in [-0.15, -0.1) is 5.43 Å². The summed E-state index contributed by atoms with van der Waals surface area (Å²) in [7, 11) is 0. The van der Waals surface area contributed by atoms with E-state index >= 15 is 0 Å². The van der Waals surface area contributed by atoms with Gasteiger partial charge in [0.1, 0.15) is 23.2 Å². The van der Waals surface area contributed by atoms with E-state index in [1.807, 2.05) is 19.3 Å².